The third-order valence-electron chi connectivity index (χ3n) is 5.64. The lowest BCUT2D eigenvalue weighted by Crippen LogP contribution is -2.28. The minimum atomic E-state index is -3.38. The fourth-order valence-corrected chi connectivity index (χ4v) is 5.57. The predicted octanol–water partition coefficient (Wildman–Crippen LogP) is 2.31. The van der Waals surface area contributed by atoms with Crippen molar-refractivity contribution in [1.82, 2.24) is 9.88 Å². The summed E-state index contributed by atoms with van der Waals surface area (Å²) < 4.78 is 23.9. The zero-order chi connectivity index (χ0) is 25.3. The Kier molecular flexibility index (Phi) is 7.27. The zero-order valence-corrected chi connectivity index (χ0v) is 22.2. The first-order valence-corrected chi connectivity index (χ1v) is 13.9. The number of nitrogens with zero attached hydrogens (tertiary/aromatic N) is 5. The number of aromatic nitrogens is 1. The highest BCUT2D eigenvalue weighted by Crippen LogP contribution is 2.37. The highest BCUT2D eigenvalue weighted by atomic mass is 35.5. The second kappa shape index (κ2) is 10.1. The first-order chi connectivity index (χ1) is 16.5. The molecule has 0 saturated carbocycles. The normalized spacial score (nSPS) is 13.7. The molecule has 0 unspecified atom stereocenters. The molecule has 35 heavy (non-hydrogen) atoms. The van der Waals surface area contributed by atoms with E-state index in [0.717, 1.165) is 46.6 Å². The van der Waals surface area contributed by atoms with E-state index in [0.29, 0.717) is 21.5 Å². The van der Waals surface area contributed by atoms with Crippen molar-refractivity contribution >= 4 is 49.7 Å². The average molecular weight is 532 g/mol. The van der Waals surface area contributed by atoms with Crippen LogP contribution in [-0.2, 0) is 16.3 Å². The Bertz CT molecular complexity index is 1530. The number of halogens is 1. The number of rotatable bonds is 8. The van der Waals surface area contributed by atoms with Gasteiger partial charge in [-0.25, -0.2) is 8.42 Å². The molecule has 0 bridgehead atoms. The summed E-state index contributed by atoms with van der Waals surface area (Å²) in [4.78, 5) is 9.31. The lowest BCUT2D eigenvalue weighted by molar-refractivity contribution is 0.416. The molecule has 2 aromatic carbocycles. The largest absolute Gasteiger partial charge is 0.492 e. The number of anilines is 1. The van der Waals surface area contributed by atoms with Crippen molar-refractivity contribution in [3.63, 3.8) is 0 Å². The number of aromatic hydroxyl groups is 1. The summed E-state index contributed by atoms with van der Waals surface area (Å²) in [6.45, 7) is 1.60. The van der Waals surface area contributed by atoms with Crippen molar-refractivity contribution in [3.05, 3.63) is 68.0 Å². The summed E-state index contributed by atoms with van der Waals surface area (Å²) in [6.07, 6.45) is 3.21. The van der Waals surface area contributed by atoms with Gasteiger partial charge in [0.25, 0.3) is 0 Å². The molecule has 4 rings (SSSR count). The lowest BCUT2D eigenvalue weighted by Gasteiger charge is -2.18. The van der Waals surface area contributed by atoms with Gasteiger partial charge in [0.1, 0.15) is 0 Å². The van der Waals surface area contributed by atoms with Gasteiger partial charge < -0.3 is 14.9 Å². The third kappa shape index (κ3) is 5.72. The second-order valence-electron chi connectivity index (χ2n) is 8.67. The van der Waals surface area contributed by atoms with Gasteiger partial charge in [-0.15, -0.1) is 0 Å². The van der Waals surface area contributed by atoms with Crippen molar-refractivity contribution in [2.45, 2.75) is 11.3 Å². The van der Waals surface area contributed by atoms with Crippen LogP contribution in [0, 0.1) is 0 Å². The minimum Gasteiger partial charge on any atom is -0.492 e. The van der Waals surface area contributed by atoms with Crippen LogP contribution in [-0.4, -0.2) is 70.1 Å². The van der Waals surface area contributed by atoms with Gasteiger partial charge in [0, 0.05) is 43.4 Å². The molecule has 8 nitrogen and oxygen atoms in total. The van der Waals surface area contributed by atoms with Crippen LogP contribution in [0.25, 0.3) is 5.57 Å². The van der Waals surface area contributed by atoms with Crippen LogP contribution in [0.15, 0.2) is 51.5 Å². The first-order valence-electron chi connectivity index (χ1n) is 10.8. The van der Waals surface area contributed by atoms with E-state index in [1.54, 1.807) is 18.3 Å². The number of sulfone groups is 1. The molecule has 3 aromatic rings. The Morgan fingerprint density at radius 2 is 1.89 bits per heavy atom. The van der Waals surface area contributed by atoms with E-state index in [1.807, 2.05) is 44.2 Å². The molecule has 1 aliphatic rings. The van der Waals surface area contributed by atoms with E-state index in [1.165, 1.54) is 17.4 Å². The fraction of sp³-hybridized carbons (Fsp3) is 0.292. The molecule has 0 spiro atoms. The summed E-state index contributed by atoms with van der Waals surface area (Å²) in [6, 6.07) is 10.5. The second-order valence-corrected chi connectivity index (χ2v) is 12.1. The molecule has 1 aliphatic heterocycles. The summed E-state index contributed by atoms with van der Waals surface area (Å²) in [5.41, 5.74) is 2.44. The number of fused-ring (bicyclic) bond motifs is 1. The molecule has 11 heteroatoms. The average Bonchev–Trinajstić information content (AvgIpc) is 3.42. The smallest absolute Gasteiger partial charge is 0.231 e. The lowest BCUT2D eigenvalue weighted by atomic mass is 10.00. The van der Waals surface area contributed by atoms with Gasteiger partial charge in [-0.3, -0.25) is 0 Å². The molecule has 0 saturated heterocycles. The Labute approximate surface area is 213 Å². The maximum atomic E-state index is 11.9. The van der Waals surface area contributed by atoms with Gasteiger partial charge in [0.2, 0.25) is 5.88 Å². The molecule has 184 valence electrons. The first kappa shape index (κ1) is 25.3. The van der Waals surface area contributed by atoms with Crippen LogP contribution in [0.3, 0.4) is 0 Å². The predicted molar refractivity (Wildman–Crippen MR) is 141 cm³/mol. The van der Waals surface area contributed by atoms with Crippen LogP contribution >= 0.6 is 22.9 Å². The highest BCUT2D eigenvalue weighted by Gasteiger charge is 2.20. The minimum absolute atomic E-state index is 0.0561. The summed E-state index contributed by atoms with van der Waals surface area (Å²) >= 11 is 7.91. The zero-order valence-electron chi connectivity index (χ0n) is 19.9. The van der Waals surface area contributed by atoms with Gasteiger partial charge >= 0.3 is 0 Å². The van der Waals surface area contributed by atoms with Crippen molar-refractivity contribution in [2.24, 2.45) is 10.2 Å². The van der Waals surface area contributed by atoms with E-state index < -0.39 is 9.84 Å². The summed E-state index contributed by atoms with van der Waals surface area (Å²) in [5.74, 6) is -0.0561. The van der Waals surface area contributed by atoms with Gasteiger partial charge in [-0.1, -0.05) is 35.1 Å². The van der Waals surface area contributed by atoms with E-state index in [9.17, 15) is 13.5 Å². The Morgan fingerprint density at radius 1 is 1.11 bits per heavy atom. The van der Waals surface area contributed by atoms with Crippen LogP contribution in [0.2, 0.25) is 5.02 Å². The van der Waals surface area contributed by atoms with Crippen LogP contribution in [0.4, 0.5) is 5.13 Å². The van der Waals surface area contributed by atoms with E-state index in [2.05, 4.69) is 20.1 Å². The maximum absolute atomic E-state index is 11.9. The fourth-order valence-electron chi connectivity index (χ4n) is 3.60. The van der Waals surface area contributed by atoms with Gasteiger partial charge in [-0.05, 0) is 54.7 Å². The maximum Gasteiger partial charge on any atom is 0.231 e. The van der Waals surface area contributed by atoms with Gasteiger partial charge in [0.15, 0.2) is 15.0 Å². The number of hydrogen-bond donors (Lipinski definition) is 1. The third-order valence-corrected chi connectivity index (χ3v) is 8.32. The quantitative estimate of drug-likeness (QED) is 0.479. The molecule has 0 aliphatic carbocycles. The number of hydrogen-bond acceptors (Lipinski definition) is 9. The molecule has 1 N–H and O–H groups in total. The molecule has 0 fully saturated rings. The molecule has 2 heterocycles. The highest BCUT2D eigenvalue weighted by molar-refractivity contribution is 7.90. The van der Waals surface area contributed by atoms with Crippen LogP contribution in [0.5, 0.6) is 5.88 Å². The standard InChI is InChI=1S/C24H26ClN5O3S2/c1-29(2)9-10-30(3)24-27-23(31)22(34-24)19(15-6-8-21-17(11-15)14-26-28-21)12-16-5-7-18(13-20(16)25)35(4,32)33/h5-8,11,13-14,31H,9-10,12H2,1-4H3. The van der Waals surface area contributed by atoms with Gasteiger partial charge in [-0.2, -0.15) is 15.2 Å². The molecular formula is C24H26ClN5O3S2. The molecule has 0 amide bonds. The van der Waals surface area contributed by atoms with E-state index in [-0.39, 0.29) is 10.8 Å². The number of thiazole rings is 1. The monoisotopic (exact) mass is 531 g/mol. The Morgan fingerprint density at radius 3 is 2.57 bits per heavy atom. The Hall–Kier alpha value is -2.79. The molecule has 0 radical (unpaired) electrons. The van der Waals surface area contributed by atoms with Crippen molar-refractivity contribution < 1.29 is 13.5 Å². The Balaban J connectivity index is 1.82. The summed E-state index contributed by atoms with van der Waals surface area (Å²) in [5, 5.41) is 21.6. The van der Waals surface area contributed by atoms with Crippen LogP contribution < -0.4 is 15.5 Å². The van der Waals surface area contributed by atoms with E-state index >= 15 is 0 Å². The van der Waals surface area contributed by atoms with Crippen molar-refractivity contribution in [2.75, 3.05) is 45.4 Å². The molecular weight excluding hydrogens is 506 g/mol. The molecule has 0 atom stereocenters. The van der Waals surface area contributed by atoms with Gasteiger partial charge in [0.05, 0.1) is 21.3 Å². The molecule has 1 aromatic heterocycles. The summed E-state index contributed by atoms with van der Waals surface area (Å²) in [7, 11) is 2.58. The topological polar surface area (TPSA) is 98.5 Å². The van der Waals surface area contributed by atoms with Crippen molar-refractivity contribution in [3.8, 4) is 5.88 Å². The van der Waals surface area contributed by atoms with Crippen LogP contribution in [0.1, 0.15) is 16.0 Å². The number of likely N-dealkylation sites (N-methyl/N-ethyl adjacent to an activating group) is 2. The van der Waals surface area contributed by atoms with E-state index in [4.69, 9.17) is 11.6 Å². The van der Waals surface area contributed by atoms with Crippen molar-refractivity contribution in [1.29, 1.82) is 0 Å². The SMILES string of the molecule is CN(C)CCN(C)c1nc(O)c(C(Cc2ccc(S(C)(=O)=O)cc2Cl)=c2ccc3c(c2)C=NN=3)s1. The number of benzene rings is 2.